The Kier molecular flexibility index (Phi) is 3.49. The van der Waals surface area contributed by atoms with Gasteiger partial charge >= 0.3 is 0 Å². The number of hydrogen-bond acceptors (Lipinski definition) is 3. The highest BCUT2D eigenvalue weighted by molar-refractivity contribution is 5.51. The van der Waals surface area contributed by atoms with Crippen LogP contribution in [0.1, 0.15) is 51.5 Å². The van der Waals surface area contributed by atoms with E-state index in [1.165, 1.54) is 32.4 Å². The van der Waals surface area contributed by atoms with E-state index in [9.17, 15) is 0 Å². The molecule has 1 aromatic heterocycles. The summed E-state index contributed by atoms with van der Waals surface area (Å²) in [5, 5.41) is 4.01. The normalized spacial score (nSPS) is 32.0. The molecule has 0 aliphatic carbocycles. The van der Waals surface area contributed by atoms with Gasteiger partial charge in [0.25, 0.3) is 0 Å². The molecule has 0 spiro atoms. The summed E-state index contributed by atoms with van der Waals surface area (Å²) in [5.74, 6) is 1.67. The Balaban J connectivity index is 1.90. The zero-order chi connectivity index (χ0) is 14.3. The Morgan fingerprint density at radius 1 is 1.35 bits per heavy atom. The Labute approximate surface area is 122 Å². The monoisotopic (exact) mass is 274 g/mol. The summed E-state index contributed by atoms with van der Waals surface area (Å²) in [4.78, 5) is 2.67. The van der Waals surface area contributed by atoms with E-state index in [0.717, 1.165) is 17.4 Å². The minimum atomic E-state index is 0.360. The van der Waals surface area contributed by atoms with Gasteiger partial charge in [-0.15, -0.1) is 0 Å². The molecular weight excluding hydrogens is 248 g/mol. The molecule has 3 aliphatic heterocycles. The molecule has 0 saturated carbocycles. The van der Waals surface area contributed by atoms with Crippen LogP contribution >= 0.6 is 0 Å². The molecule has 3 saturated heterocycles. The van der Waals surface area contributed by atoms with Gasteiger partial charge in [0.05, 0.1) is 5.69 Å². The van der Waals surface area contributed by atoms with Crippen LogP contribution < -0.4 is 0 Å². The summed E-state index contributed by atoms with van der Waals surface area (Å²) in [5.41, 5.74) is 2.90. The lowest BCUT2D eigenvalue weighted by Gasteiger charge is -2.49. The highest BCUT2D eigenvalue weighted by Gasteiger charge is 2.39. The SMILES string of the molecule is Cc1cc(/C=C2\C3CCN(CC3)[C@@H]2CC(C)(C)C)on1. The molecular formula is C17H26N2O. The lowest BCUT2D eigenvalue weighted by Crippen LogP contribution is -2.51. The molecule has 20 heavy (non-hydrogen) atoms. The second-order valence-corrected chi connectivity index (χ2v) is 7.61. The first kappa shape index (κ1) is 13.9. The van der Waals surface area contributed by atoms with Crippen LogP contribution in [0.5, 0.6) is 0 Å². The molecule has 110 valence electrons. The van der Waals surface area contributed by atoms with Crippen LogP contribution in [-0.4, -0.2) is 29.2 Å². The van der Waals surface area contributed by atoms with Crippen LogP contribution in [0.4, 0.5) is 0 Å². The number of nitrogens with zero attached hydrogens (tertiary/aromatic N) is 2. The molecule has 1 atom stereocenters. The summed E-state index contributed by atoms with van der Waals surface area (Å²) in [6, 6.07) is 2.63. The molecule has 4 heterocycles. The second kappa shape index (κ2) is 5.03. The van der Waals surface area contributed by atoms with Crippen molar-refractivity contribution in [3.05, 3.63) is 23.1 Å². The first-order chi connectivity index (χ1) is 9.42. The summed E-state index contributed by atoms with van der Waals surface area (Å²) in [6.07, 6.45) is 6.11. The standard InChI is InChI=1S/C17H26N2O/c1-12-9-14(20-18-12)10-15-13-5-7-19(8-6-13)16(15)11-17(2,3)4/h9-10,13,16H,5-8,11H2,1-4H3/b15-10+/t16-/m1/s1. The molecule has 2 bridgehead atoms. The van der Waals surface area contributed by atoms with E-state index in [2.05, 4.69) is 36.9 Å². The van der Waals surface area contributed by atoms with Gasteiger partial charge < -0.3 is 4.52 Å². The van der Waals surface area contributed by atoms with Crippen LogP contribution in [0.3, 0.4) is 0 Å². The van der Waals surface area contributed by atoms with Crippen molar-refractivity contribution < 1.29 is 4.52 Å². The van der Waals surface area contributed by atoms with Gasteiger partial charge in [-0.3, -0.25) is 4.90 Å². The fourth-order valence-electron chi connectivity index (χ4n) is 3.68. The maximum Gasteiger partial charge on any atom is 0.159 e. The molecule has 3 aliphatic rings. The Morgan fingerprint density at radius 2 is 2.05 bits per heavy atom. The number of piperidine rings is 3. The molecule has 3 nitrogen and oxygen atoms in total. The van der Waals surface area contributed by atoms with Gasteiger partial charge in [-0.25, -0.2) is 0 Å². The number of rotatable bonds is 2. The predicted molar refractivity (Wildman–Crippen MR) is 81.4 cm³/mol. The maximum atomic E-state index is 5.41. The molecule has 3 heteroatoms. The third-order valence-electron chi connectivity index (χ3n) is 4.59. The van der Waals surface area contributed by atoms with E-state index >= 15 is 0 Å². The number of hydrogen-bond donors (Lipinski definition) is 0. The van der Waals surface area contributed by atoms with E-state index < -0.39 is 0 Å². The number of aryl methyl sites for hydroxylation is 1. The summed E-state index contributed by atoms with van der Waals surface area (Å²) >= 11 is 0. The summed E-state index contributed by atoms with van der Waals surface area (Å²) in [7, 11) is 0. The third kappa shape index (κ3) is 2.83. The topological polar surface area (TPSA) is 29.3 Å². The van der Waals surface area contributed by atoms with Gasteiger partial charge in [-0.2, -0.15) is 0 Å². The smallest absolute Gasteiger partial charge is 0.159 e. The largest absolute Gasteiger partial charge is 0.357 e. The highest BCUT2D eigenvalue weighted by Crippen LogP contribution is 2.42. The molecule has 4 rings (SSSR count). The minimum Gasteiger partial charge on any atom is -0.357 e. The molecule has 0 radical (unpaired) electrons. The van der Waals surface area contributed by atoms with Gasteiger partial charge in [0.15, 0.2) is 5.76 Å². The quantitative estimate of drug-likeness (QED) is 0.819. The van der Waals surface area contributed by atoms with Gasteiger partial charge in [-0.05, 0) is 62.3 Å². The van der Waals surface area contributed by atoms with Crippen molar-refractivity contribution in [1.29, 1.82) is 0 Å². The van der Waals surface area contributed by atoms with E-state index in [1.54, 1.807) is 5.57 Å². The highest BCUT2D eigenvalue weighted by atomic mass is 16.5. The van der Waals surface area contributed by atoms with E-state index in [4.69, 9.17) is 4.52 Å². The maximum absolute atomic E-state index is 5.41. The fourth-order valence-corrected chi connectivity index (χ4v) is 3.68. The molecule has 0 aromatic carbocycles. The average Bonchev–Trinajstić information content (AvgIpc) is 2.77. The zero-order valence-electron chi connectivity index (χ0n) is 13.1. The molecule has 1 aromatic rings. The number of fused-ring (bicyclic) bond motifs is 3. The van der Waals surface area contributed by atoms with Gasteiger partial charge in [0.1, 0.15) is 0 Å². The van der Waals surface area contributed by atoms with E-state index in [0.29, 0.717) is 11.5 Å². The Bertz CT molecular complexity index is 501. The summed E-state index contributed by atoms with van der Waals surface area (Å²) in [6.45, 7) is 11.5. The van der Waals surface area contributed by atoms with Crippen molar-refractivity contribution in [3.63, 3.8) is 0 Å². The van der Waals surface area contributed by atoms with Crippen molar-refractivity contribution in [2.45, 2.75) is 53.0 Å². The van der Waals surface area contributed by atoms with Crippen LogP contribution in [0.15, 0.2) is 16.2 Å². The van der Waals surface area contributed by atoms with Gasteiger partial charge in [0, 0.05) is 12.1 Å². The van der Waals surface area contributed by atoms with Crippen molar-refractivity contribution in [2.24, 2.45) is 11.3 Å². The van der Waals surface area contributed by atoms with Crippen LogP contribution in [0.25, 0.3) is 6.08 Å². The Morgan fingerprint density at radius 3 is 2.60 bits per heavy atom. The van der Waals surface area contributed by atoms with Crippen molar-refractivity contribution in [1.82, 2.24) is 10.1 Å². The fraction of sp³-hybridized carbons (Fsp3) is 0.706. The van der Waals surface area contributed by atoms with Crippen molar-refractivity contribution in [2.75, 3.05) is 13.1 Å². The third-order valence-corrected chi connectivity index (χ3v) is 4.59. The lowest BCUT2D eigenvalue weighted by atomic mass is 9.73. The van der Waals surface area contributed by atoms with Gasteiger partial charge in [-0.1, -0.05) is 25.9 Å². The first-order valence-electron chi connectivity index (χ1n) is 7.81. The van der Waals surface area contributed by atoms with Crippen LogP contribution in [-0.2, 0) is 0 Å². The Hall–Kier alpha value is -1.09. The molecule has 0 N–H and O–H groups in total. The molecule has 3 fully saturated rings. The lowest BCUT2D eigenvalue weighted by molar-refractivity contribution is 0.0793. The summed E-state index contributed by atoms with van der Waals surface area (Å²) < 4.78 is 5.41. The minimum absolute atomic E-state index is 0.360. The van der Waals surface area contributed by atoms with Crippen LogP contribution in [0, 0.1) is 18.3 Å². The van der Waals surface area contributed by atoms with Crippen LogP contribution in [0.2, 0.25) is 0 Å². The predicted octanol–water partition coefficient (Wildman–Crippen LogP) is 3.90. The van der Waals surface area contributed by atoms with E-state index in [-0.39, 0.29) is 0 Å². The number of aromatic nitrogens is 1. The molecule has 0 unspecified atom stereocenters. The van der Waals surface area contributed by atoms with Crippen molar-refractivity contribution >= 4 is 6.08 Å². The average molecular weight is 274 g/mol. The second-order valence-electron chi connectivity index (χ2n) is 7.61. The zero-order valence-corrected chi connectivity index (χ0v) is 13.1. The molecule has 0 amide bonds. The first-order valence-corrected chi connectivity index (χ1v) is 7.81. The van der Waals surface area contributed by atoms with Crippen molar-refractivity contribution in [3.8, 4) is 0 Å². The van der Waals surface area contributed by atoms with Gasteiger partial charge in [0.2, 0.25) is 0 Å². The van der Waals surface area contributed by atoms with E-state index in [1.807, 2.05) is 13.0 Å².